The lowest BCUT2D eigenvalue weighted by Gasteiger charge is -2.30. The normalized spacial score (nSPS) is 28.9. The summed E-state index contributed by atoms with van der Waals surface area (Å²) in [7, 11) is 0. The first-order valence-electron chi connectivity index (χ1n) is 8.79. The van der Waals surface area contributed by atoms with Gasteiger partial charge in [0.15, 0.2) is 0 Å². The largest absolute Gasteiger partial charge is 0.323 e. The summed E-state index contributed by atoms with van der Waals surface area (Å²) in [6.45, 7) is 0.255. The van der Waals surface area contributed by atoms with E-state index in [1.165, 1.54) is 10.5 Å². The van der Waals surface area contributed by atoms with Crippen molar-refractivity contribution in [3.05, 3.63) is 35.9 Å². The van der Waals surface area contributed by atoms with E-state index >= 15 is 0 Å². The average molecular weight is 366 g/mol. The summed E-state index contributed by atoms with van der Waals surface area (Å²) in [5.41, 5.74) is 1.40. The Kier molecular flexibility index (Phi) is 7.22. The van der Waals surface area contributed by atoms with Crippen LogP contribution in [0.25, 0.3) is 0 Å². The van der Waals surface area contributed by atoms with Crippen LogP contribution in [0.5, 0.6) is 0 Å². The van der Waals surface area contributed by atoms with Gasteiger partial charge in [-0.15, -0.1) is 12.4 Å². The SMILES string of the molecule is Cl.N#C[C@@H]1C[C@H](F)CN1C(=O)CNC1CCC(c2ccccc2)CC1. The van der Waals surface area contributed by atoms with Gasteiger partial charge in [-0.3, -0.25) is 4.79 Å². The molecule has 1 N–H and O–H groups in total. The first-order valence-corrected chi connectivity index (χ1v) is 8.79. The van der Waals surface area contributed by atoms with Crippen LogP contribution >= 0.6 is 12.4 Å². The summed E-state index contributed by atoms with van der Waals surface area (Å²) in [4.78, 5) is 13.6. The van der Waals surface area contributed by atoms with Crippen LogP contribution in [0.1, 0.15) is 43.6 Å². The number of amides is 1. The summed E-state index contributed by atoms with van der Waals surface area (Å²) in [6.07, 6.45) is 3.39. The molecule has 0 radical (unpaired) electrons. The van der Waals surface area contributed by atoms with Crippen LogP contribution in [0.4, 0.5) is 4.39 Å². The van der Waals surface area contributed by atoms with E-state index in [1.807, 2.05) is 12.1 Å². The molecule has 1 aromatic rings. The number of nitrogens with one attached hydrogen (secondary N) is 1. The molecule has 0 aromatic heterocycles. The predicted molar refractivity (Wildman–Crippen MR) is 97.3 cm³/mol. The van der Waals surface area contributed by atoms with Crippen LogP contribution in [0.15, 0.2) is 30.3 Å². The number of hydrogen-bond donors (Lipinski definition) is 1. The number of carbonyl (C=O) groups is 1. The zero-order valence-corrected chi connectivity index (χ0v) is 15.1. The molecule has 4 nitrogen and oxygen atoms in total. The number of hydrogen-bond acceptors (Lipinski definition) is 3. The first kappa shape index (κ1) is 19.7. The van der Waals surface area contributed by atoms with Gasteiger partial charge in [0.2, 0.25) is 5.91 Å². The number of likely N-dealkylation sites (tertiary alicyclic amines) is 1. The molecule has 1 aliphatic heterocycles. The van der Waals surface area contributed by atoms with E-state index in [-0.39, 0.29) is 37.8 Å². The summed E-state index contributed by atoms with van der Waals surface area (Å²) in [5, 5.41) is 12.3. The lowest BCUT2D eigenvalue weighted by Crippen LogP contribution is -2.44. The summed E-state index contributed by atoms with van der Waals surface area (Å²) in [6, 6.07) is 12.3. The Morgan fingerprint density at radius 3 is 2.56 bits per heavy atom. The van der Waals surface area contributed by atoms with Crippen molar-refractivity contribution in [3.8, 4) is 6.07 Å². The molecule has 0 bridgehead atoms. The zero-order valence-electron chi connectivity index (χ0n) is 14.2. The maximum absolute atomic E-state index is 13.4. The third-order valence-electron chi connectivity index (χ3n) is 5.26. The van der Waals surface area contributed by atoms with Crippen LogP contribution in [0, 0.1) is 11.3 Å². The van der Waals surface area contributed by atoms with Gasteiger partial charge in [0.05, 0.1) is 19.2 Å². The smallest absolute Gasteiger partial charge is 0.237 e. The highest BCUT2D eigenvalue weighted by molar-refractivity contribution is 5.85. The van der Waals surface area contributed by atoms with Gasteiger partial charge in [-0.05, 0) is 37.2 Å². The fourth-order valence-electron chi connectivity index (χ4n) is 3.87. The van der Waals surface area contributed by atoms with Gasteiger partial charge in [-0.2, -0.15) is 5.26 Å². The second kappa shape index (κ2) is 9.17. The molecule has 25 heavy (non-hydrogen) atoms. The van der Waals surface area contributed by atoms with Crippen LogP contribution in [-0.2, 0) is 4.79 Å². The average Bonchev–Trinajstić information content (AvgIpc) is 3.02. The Balaban J connectivity index is 0.00000225. The van der Waals surface area contributed by atoms with Crippen LogP contribution < -0.4 is 5.32 Å². The number of nitrogens with zero attached hydrogens (tertiary/aromatic N) is 2. The number of rotatable bonds is 4. The molecule has 1 saturated heterocycles. The molecule has 0 unspecified atom stereocenters. The Morgan fingerprint density at radius 2 is 1.92 bits per heavy atom. The van der Waals surface area contributed by atoms with Crippen molar-refractivity contribution >= 4 is 18.3 Å². The fourth-order valence-corrected chi connectivity index (χ4v) is 3.87. The maximum atomic E-state index is 13.4. The van der Waals surface area contributed by atoms with Gasteiger partial charge < -0.3 is 10.2 Å². The summed E-state index contributed by atoms with van der Waals surface area (Å²) in [5.74, 6) is 0.445. The second-order valence-corrected chi connectivity index (χ2v) is 6.86. The van der Waals surface area contributed by atoms with E-state index in [0.717, 1.165) is 25.7 Å². The monoisotopic (exact) mass is 365 g/mol. The van der Waals surface area contributed by atoms with Crippen molar-refractivity contribution in [3.63, 3.8) is 0 Å². The van der Waals surface area contributed by atoms with E-state index in [9.17, 15) is 9.18 Å². The third kappa shape index (κ3) is 4.93. The topological polar surface area (TPSA) is 56.1 Å². The van der Waals surface area contributed by atoms with E-state index in [2.05, 4.69) is 29.6 Å². The van der Waals surface area contributed by atoms with Crippen molar-refractivity contribution in [1.29, 1.82) is 5.26 Å². The number of halogens is 2. The van der Waals surface area contributed by atoms with Crippen LogP contribution in [0.2, 0.25) is 0 Å². The van der Waals surface area contributed by atoms with Gasteiger partial charge in [0, 0.05) is 12.5 Å². The predicted octanol–water partition coefficient (Wildman–Crippen LogP) is 3.19. The molecule has 2 atom stereocenters. The molecule has 1 amide bonds. The highest BCUT2D eigenvalue weighted by Gasteiger charge is 2.35. The number of carbonyl (C=O) groups excluding carboxylic acids is 1. The molecular weight excluding hydrogens is 341 g/mol. The summed E-state index contributed by atoms with van der Waals surface area (Å²) >= 11 is 0. The number of nitriles is 1. The highest BCUT2D eigenvalue weighted by Crippen LogP contribution is 2.32. The van der Waals surface area contributed by atoms with Crippen LogP contribution in [0.3, 0.4) is 0 Å². The Morgan fingerprint density at radius 1 is 1.24 bits per heavy atom. The lowest BCUT2D eigenvalue weighted by molar-refractivity contribution is -0.130. The molecule has 1 heterocycles. The molecular formula is C19H25ClFN3O. The molecule has 6 heteroatoms. The van der Waals surface area contributed by atoms with Gasteiger partial charge in [-0.25, -0.2) is 4.39 Å². The van der Waals surface area contributed by atoms with E-state index in [4.69, 9.17) is 5.26 Å². The van der Waals surface area contributed by atoms with Gasteiger partial charge in [-0.1, -0.05) is 30.3 Å². The van der Waals surface area contributed by atoms with Crippen molar-refractivity contribution in [2.24, 2.45) is 0 Å². The lowest BCUT2D eigenvalue weighted by atomic mass is 9.82. The second-order valence-electron chi connectivity index (χ2n) is 6.86. The minimum absolute atomic E-state index is 0. The van der Waals surface area contributed by atoms with E-state index < -0.39 is 12.2 Å². The first-order chi connectivity index (χ1) is 11.7. The molecule has 1 aliphatic carbocycles. The summed E-state index contributed by atoms with van der Waals surface area (Å²) < 4.78 is 13.4. The zero-order chi connectivity index (χ0) is 16.9. The van der Waals surface area contributed by atoms with Crippen molar-refractivity contribution in [1.82, 2.24) is 10.2 Å². The fraction of sp³-hybridized carbons (Fsp3) is 0.579. The number of benzene rings is 1. The maximum Gasteiger partial charge on any atom is 0.237 e. The Bertz CT molecular complexity index is 598. The van der Waals surface area contributed by atoms with Crippen LogP contribution in [-0.4, -0.2) is 42.2 Å². The van der Waals surface area contributed by atoms with Gasteiger partial charge in [0.1, 0.15) is 12.2 Å². The molecule has 2 aliphatic rings. The van der Waals surface area contributed by atoms with E-state index in [0.29, 0.717) is 12.0 Å². The standard InChI is InChI=1S/C19H24FN3O.ClH/c20-16-10-18(11-21)23(13-16)19(24)12-22-17-8-6-15(7-9-17)14-4-2-1-3-5-14;/h1-5,15-18,22H,6-10,12-13H2;1H/t15?,16-,17?,18-;/m0./s1. The molecule has 1 saturated carbocycles. The van der Waals surface area contributed by atoms with Crippen molar-refractivity contribution in [2.45, 2.75) is 56.3 Å². The van der Waals surface area contributed by atoms with Gasteiger partial charge in [0.25, 0.3) is 0 Å². The minimum Gasteiger partial charge on any atom is -0.323 e. The third-order valence-corrected chi connectivity index (χ3v) is 5.26. The molecule has 2 fully saturated rings. The highest BCUT2D eigenvalue weighted by atomic mass is 35.5. The van der Waals surface area contributed by atoms with Crippen molar-refractivity contribution < 1.29 is 9.18 Å². The molecule has 0 spiro atoms. The Hall–Kier alpha value is -1.64. The van der Waals surface area contributed by atoms with E-state index in [1.54, 1.807) is 0 Å². The van der Waals surface area contributed by atoms with Gasteiger partial charge >= 0.3 is 0 Å². The number of alkyl halides is 1. The Labute approximate surface area is 154 Å². The minimum atomic E-state index is -1.07. The van der Waals surface area contributed by atoms with Crippen molar-refractivity contribution in [2.75, 3.05) is 13.1 Å². The molecule has 136 valence electrons. The quantitative estimate of drug-likeness (QED) is 0.891. The molecule has 3 rings (SSSR count). The molecule has 1 aromatic carbocycles.